The van der Waals surface area contributed by atoms with E-state index in [1.54, 1.807) is 0 Å². The summed E-state index contributed by atoms with van der Waals surface area (Å²) in [6.07, 6.45) is 8.29. The molecule has 2 fully saturated rings. The van der Waals surface area contributed by atoms with Gasteiger partial charge in [0.1, 0.15) is 0 Å². The first kappa shape index (κ1) is 15.3. The minimum atomic E-state index is -0.744. The third kappa shape index (κ3) is 1.92. The van der Waals surface area contributed by atoms with Crippen molar-refractivity contribution in [2.45, 2.75) is 58.5 Å². The molecule has 4 aliphatic carbocycles. The van der Waals surface area contributed by atoms with Crippen LogP contribution in [0.25, 0.3) is 0 Å². The Kier molecular flexibility index (Phi) is 3.42. The van der Waals surface area contributed by atoms with E-state index in [2.05, 4.69) is 13.8 Å². The van der Waals surface area contributed by atoms with Crippen molar-refractivity contribution in [3.8, 4) is 0 Å². The third-order valence-electron chi connectivity index (χ3n) is 7.31. The standard InChI is InChI=1S/C20H26O3/c1-11(2)13-8-9-20-12(4-3-5-15(13)20)10-14-16(21)6-7-17(22)18(14)19(20)23/h6-7,11-13,15,19,23H,3-5,8-10H2,1-2H3. The maximum Gasteiger partial charge on any atom is 0.184 e. The van der Waals surface area contributed by atoms with Crippen molar-refractivity contribution in [1.82, 2.24) is 0 Å². The van der Waals surface area contributed by atoms with Crippen molar-refractivity contribution in [2.75, 3.05) is 0 Å². The predicted octanol–water partition coefficient (Wildman–Crippen LogP) is 3.22. The van der Waals surface area contributed by atoms with Gasteiger partial charge in [-0.3, -0.25) is 9.59 Å². The van der Waals surface area contributed by atoms with Gasteiger partial charge in [-0.05, 0) is 67.9 Å². The van der Waals surface area contributed by atoms with Crippen LogP contribution in [-0.4, -0.2) is 22.8 Å². The van der Waals surface area contributed by atoms with E-state index in [9.17, 15) is 14.7 Å². The summed E-state index contributed by atoms with van der Waals surface area (Å²) in [4.78, 5) is 24.7. The number of aliphatic hydroxyl groups is 1. The van der Waals surface area contributed by atoms with Crippen LogP contribution in [0.1, 0.15) is 52.4 Å². The molecule has 2 saturated carbocycles. The molecule has 0 saturated heterocycles. The molecular weight excluding hydrogens is 288 g/mol. The molecule has 1 N–H and O–H groups in total. The molecule has 4 aliphatic rings. The molecular formula is C20H26O3. The first-order valence-corrected chi connectivity index (χ1v) is 9.14. The van der Waals surface area contributed by atoms with Crippen LogP contribution in [0.2, 0.25) is 0 Å². The van der Waals surface area contributed by atoms with Gasteiger partial charge in [0.25, 0.3) is 0 Å². The van der Waals surface area contributed by atoms with E-state index < -0.39 is 6.10 Å². The zero-order valence-electron chi connectivity index (χ0n) is 14.0. The van der Waals surface area contributed by atoms with E-state index in [1.165, 1.54) is 18.6 Å². The number of allylic oxidation sites excluding steroid dienone is 3. The van der Waals surface area contributed by atoms with Gasteiger partial charge < -0.3 is 5.11 Å². The van der Waals surface area contributed by atoms with Crippen LogP contribution in [-0.2, 0) is 9.59 Å². The second kappa shape index (κ2) is 5.14. The molecule has 0 heterocycles. The van der Waals surface area contributed by atoms with Crippen LogP contribution >= 0.6 is 0 Å². The largest absolute Gasteiger partial charge is 0.388 e. The highest BCUT2D eigenvalue weighted by atomic mass is 16.3. The number of carbonyl (C=O) groups excluding carboxylic acids is 2. The summed E-state index contributed by atoms with van der Waals surface area (Å²) in [5.74, 6) is 1.91. The van der Waals surface area contributed by atoms with Gasteiger partial charge in [-0.15, -0.1) is 0 Å². The van der Waals surface area contributed by atoms with Gasteiger partial charge in [0, 0.05) is 16.6 Å². The molecule has 1 spiro atoms. The second-order valence-corrected chi connectivity index (χ2v) is 8.35. The van der Waals surface area contributed by atoms with Gasteiger partial charge in [0.05, 0.1) is 6.10 Å². The topological polar surface area (TPSA) is 54.4 Å². The second-order valence-electron chi connectivity index (χ2n) is 8.35. The first-order valence-electron chi connectivity index (χ1n) is 9.14. The number of hydrogen-bond acceptors (Lipinski definition) is 3. The lowest BCUT2D eigenvalue weighted by Crippen LogP contribution is -2.53. The molecule has 0 amide bonds. The van der Waals surface area contributed by atoms with Crippen molar-refractivity contribution < 1.29 is 14.7 Å². The molecule has 0 aliphatic heterocycles. The minimum absolute atomic E-state index is 0.0611. The highest BCUT2D eigenvalue weighted by Crippen LogP contribution is 2.65. The van der Waals surface area contributed by atoms with E-state index >= 15 is 0 Å². The lowest BCUT2D eigenvalue weighted by atomic mass is 9.51. The molecule has 0 radical (unpaired) electrons. The highest BCUT2D eigenvalue weighted by Gasteiger charge is 2.61. The summed E-state index contributed by atoms with van der Waals surface area (Å²) in [5.41, 5.74) is 0.881. The Balaban J connectivity index is 1.81. The Morgan fingerprint density at radius 2 is 1.87 bits per heavy atom. The highest BCUT2D eigenvalue weighted by molar-refractivity contribution is 6.20. The molecule has 0 bridgehead atoms. The van der Waals surface area contributed by atoms with Gasteiger partial charge in [0.2, 0.25) is 0 Å². The van der Waals surface area contributed by atoms with Gasteiger partial charge in [-0.2, -0.15) is 0 Å². The zero-order valence-corrected chi connectivity index (χ0v) is 14.0. The summed E-state index contributed by atoms with van der Waals surface area (Å²) in [6, 6.07) is 0. The number of carbonyl (C=O) groups is 2. The van der Waals surface area contributed by atoms with Gasteiger partial charge in [-0.25, -0.2) is 0 Å². The fourth-order valence-electron chi connectivity index (χ4n) is 6.35. The van der Waals surface area contributed by atoms with Gasteiger partial charge in [0.15, 0.2) is 11.6 Å². The zero-order chi connectivity index (χ0) is 16.4. The fourth-order valence-corrected chi connectivity index (χ4v) is 6.35. The van der Waals surface area contributed by atoms with Crippen LogP contribution in [0.3, 0.4) is 0 Å². The molecule has 0 aromatic carbocycles. The summed E-state index contributed by atoms with van der Waals surface area (Å²) >= 11 is 0. The summed E-state index contributed by atoms with van der Waals surface area (Å²) < 4.78 is 0. The van der Waals surface area contributed by atoms with Crippen molar-refractivity contribution in [1.29, 1.82) is 0 Å². The van der Waals surface area contributed by atoms with Crippen molar-refractivity contribution >= 4 is 11.6 Å². The molecule has 0 aromatic heterocycles. The van der Waals surface area contributed by atoms with Crippen LogP contribution < -0.4 is 0 Å². The van der Waals surface area contributed by atoms with Crippen LogP contribution in [0.4, 0.5) is 0 Å². The predicted molar refractivity (Wildman–Crippen MR) is 87.6 cm³/mol. The summed E-state index contributed by atoms with van der Waals surface area (Å²) in [7, 11) is 0. The first-order chi connectivity index (χ1) is 11.0. The van der Waals surface area contributed by atoms with Crippen molar-refractivity contribution in [3.05, 3.63) is 23.3 Å². The molecule has 4 rings (SSSR count). The van der Waals surface area contributed by atoms with E-state index in [0.29, 0.717) is 41.2 Å². The smallest absolute Gasteiger partial charge is 0.184 e. The Morgan fingerprint density at radius 1 is 1.13 bits per heavy atom. The van der Waals surface area contributed by atoms with E-state index in [1.807, 2.05) is 0 Å². The molecule has 0 aromatic rings. The molecule has 3 heteroatoms. The normalized spacial score (nSPS) is 42.8. The number of rotatable bonds is 1. The Labute approximate surface area is 137 Å². The molecule has 5 atom stereocenters. The Hall–Kier alpha value is -1.22. The maximum atomic E-state index is 12.4. The number of ketones is 2. The van der Waals surface area contributed by atoms with E-state index in [-0.39, 0.29) is 17.0 Å². The van der Waals surface area contributed by atoms with Gasteiger partial charge in [-0.1, -0.05) is 20.3 Å². The number of hydrogen-bond donors (Lipinski definition) is 1. The number of aliphatic hydroxyl groups excluding tert-OH is 1. The van der Waals surface area contributed by atoms with Crippen LogP contribution in [0, 0.1) is 29.1 Å². The monoisotopic (exact) mass is 314 g/mol. The average Bonchev–Trinajstić information content (AvgIpc) is 2.91. The summed E-state index contributed by atoms with van der Waals surface area (Å²) in [6.45, 7) is 4.57. The maximum absolute atomic E-state index is 12.4. The molecule has 3 nitrogen and oxygen atoms in total. The quantitative estimate of drug-likeness (QED) is 0.756. The fraction of sp³-hybridized carbons (Fsp3) is 0.700. The minimum Gasteiger partial charge on any atom is -0.388 e. The molecule has 23 heavy (non-hydrogen) atoms. The lowest BCUT2D eigenvalue weighted by Gasteiger charge is -2.54. The van der Waals surface area contributed by atoms with Crippen LogP contribution in [0.15, 0.2) is 23.3 Å². The Bertz CT molecular complexity index is 627. The molecule has 5 unspecified atom stereocenters. The van der Waals surface area contributed by atoms with Crippen molar-refractivity contribution in [2.24, 2.45) is 29.1 Å². The molecule has 124 valence electrons. The SMILES string of the molecule is CC(C)C1CCC23C(CCCC12)CC1=C(C(=O)C=CC1=O)C3O. The third-order valence-corrected chi connectivity index (χ3v) is 7.31. The van der Waals surface area contributed by atoms with E-state index in [4.69, 9.17) is 0 Å². The van der Waals surface area contributed by atoms with Crippen molar-refractivity contribution in [3.63, 3.8) is 0 Å². The average molecular weight is 314 g/mol. The van der Waals surface area contributed by atoms with Crippen LogP contribution in [0.5, 0.6) is 0 Å². The van der Waals surface area contributed by atoms with E-state index in [0.717, 1.165) is 25.7 Å². The summed E-state index contributed by atoms with van der Waals surface area (Å²) in [5, 5.41) is 11.3. The lowest BCUT2D eigenvalue weighted by molar-refractivity contribution is -0.122. The van der Waals surface area contributed by atoms with Gasteiger partial charge >= 0.3 is 0 Å². The Morgan fingerprint density at radius 3 is 2.61 bits per heavy atom.